The van der Waals surface area contributed by atoms with Gasteiger partial charge in [-0.25, -0.2) is 0 Å². The van der Waals surface area contributed by atoms with E-state index < -0.39 is 0 Å². The van der Waals surface area contributed by atoms with Crippen molar-refractivity contribution in [1.82, 2.24) is 9.88 Å². The van der Waals surface area contributed by atoms with E-state index in [0.717, 1.165) is 5.52 Å². The maximum Gasteiger partial charge on any atom is 0.251 e. The molecule has 0 spiro atoms. The molecule has 3 aromatic rings. The van der Waals surface area contributed by atoms with Gasteiger partial charge >= 0.3 is 0 Å². The van der Waals surface area contributed by atoms with E-state index in [1.54, 1.807) is 12.1 Å². The normalized spacial score (nSPS) is 10.7. The van der Waals surface area contributed by atoms with E-state index in [4.69, 9.17) is 14.2 Å². The number of methoxy groups -OCH3 is 3. The summed E-state index contributed by atoms with van der Waals surface area (Å²) >= 11 is 0. The first kappa shape index (κ1) is 18.6. The van der Waals surface area contributed by atoms with Crippen molar-refractivity contribution in [3.05, 3.63) is 53.7 Å². The Morgan fingerprint density at radius 3 is 2.37 bits per heavy atom. The Hall–Kier alpha value is -3.15. The predicted molar refractivity (Wildman–Crippen MR) is 105 cm³/mol. The number of hydrogen-bond donors (Lipinski definition) is 1. The molecule has 2 aromatic carbocycles. The second-order valence-electron chi connectivity index (χ2n) is 6.19. The van der Waals surface area contributed by atoms with E-state index in [0.29, 0.717) is 35.9 Å². The summed E-state index contributed by atoms with van der Waals surface area (Å²) in [6.45, 7) is 3.29. The molecule has 3 rings (SSSR count). The zero-order valence-corrected chi connectivity index (χ0v) is 16.0. The molecule has 1 amide bonds. The molecule has 0 aliphatic carbocycles. The molecular weight excluding hydrogens is 344 g/mol. The van der Waals surface area contributed by atoms with Gasteiger partial charge < -0.3 is 24.1 Å². The average molecular weight is 368 g/mol. The highest BCUT2D eigenvalue weighted by Crippen LogP contribution is 2.38. The zero-order valence-electron chi connectivity index (χ0n) is 16.0. The molecule has 27 heavy (non-hydrogen) atoms. The summed E-state index contributed by atoms with van der Waals surface area (Å²) in [5.74, 6) is 1.18. The Kier molecular flexibility index (Phi) is 5.54. The maximum atomic E-state index is 12.6. The third-order valence-corrected chi connectivity index (χ3v) is 4.60. The van der Waals surface area contributed by atoms with E-state index in [9.17, 15) is 4.79 Å². The van der Waals surface area contributed by atoms with Gasteiger partial charge in [-0.3, -0.25) is 4.79 Å². The van der Waals surface area contributed by atoms with Gasteiger partial charge in [0.1, 0.15) is 0 Å². The van der Waals surface area contributed by atoms with Crippen molar-refractivity contribution in [2.24, 2.45) is 0 Å². The lowest BCUT2D eigenvalue weighted by atomic mass is 10.1. The van der Waals surface area contributed by atoms with Crippen LogP contribution in [0.25, 0.3) is 10.9 Å². The van der Waals surface area contributed by atoms with Gasteiger partial charge in [0.2, 0.25) is 5.75 Å². The molecule has 0 atom stereocenters. The third-order valence-electron chi connectivity index (χ3n) is 4.60. The van der Waals surface area contributed by atoms with Crippen LogP contribution in [0.4, 0.5) is 0 Å². The smallest absolute Gasteiger partial charge is 0.251 e. The van der Waals surface area contributed by atoms with Crippen LogP contribution in [0.2, 0.25) is 0 Å². The molecule has 6 nitrogen and oxygen atoms in total. The van der Waals surface area contributed by atoms with Crippen LogP contribution in [0.3, 0.4) is 0 Å². The molecule has 1 aromatic heterocycles. The van der Waals surface area contributed by atoms with Crippen LogP contribution in [0, 0.1) is 6.92 Å². The number of nitrogens with one attached hydrogen (secondary N) is 1. The van der Waals surface area contributed by atoms with Crippen LogP contribution in [0.15, 0.2) is 42.6 Å². The number of amides is 1. The lowest BCUT2D eigenvalue weighted by Gasteiger charge is -2.14. The van der Waals surface area contributed by atoms with Crippen LogP contribution < -0.4 is 19.5 Å². The number of carbonyl (C=O) groups is 1. The number of hydrogen-bond acceptors (Lipinski definition) is 4. The highest BCUT2D eigenvalue weighted by atomic mass is 16.5. The minimum atomic E-state index is -0.193. The third kappa shape index (κ3) is 3.69. The predicted octanol–water partition coefficient (Wildman–Crippen LogP) is 3.41. The van der Waals surface area contributed by atoms with Crippen molar-refractivity contribution in [1.29, 1.82) is 0 Å². The zero-order chi connectivity index (χ0) is 19.4. The first-order valence-electron chi connectivity index (χ1n) is 8.71. The first-order chi connectivity index (χ1) is 13.1. The fourth-order valence-corrected chi connectivity index (χ4v) is 3.18. The lowest BCUT2D eigenvalue weighted by Crippen LogP contribution is -2.27. The van der Waals surface area contributed by atoms with Gasteiger partial charge in [0, 0.05) is 35.8 Å². The molecule has 0 radical (unpaired) electrons. The minimum Gasteiger partial charge on any atom is -0.493 e. The summed E-state index contributed by atoms with van der Waals surface area (Å²) < 4.78 is 18.0. The quantitative estimate of drug-likeness (QED) is 0.694. The van der Waals surface area contributed by atoms with Crippen LogP contribution in [0.1, 0.15) is 15.9 Å². The number of benzene rings is 2. The largest absolute Gasteiger partial charge is 0.493 e. The molecule has 142 valence electrons. The fraction of sp³-hybridized carbons (Fsp3) is 0.286. The number of ether oxygens (including phenoxy) is 3. The molecule has 0 aliphatic heterocycles. The molecule has 0 unspecified atom stereocenters. The Bertz CT molecular complexity index is 937. The Morgan fingerprint density at radius 2 is 1.74 bits per heavy atom. The second kappa shape index (κ2) is 8.03. The molecule has 6 heteroatoms. The summed E-state index contributed by atoms with van der Waals surface area (Å²) in [4.78, 5) is 12.6. The molecule has 0 saturated heterocycles. The van der Waals surface area contributed by atoms with E-state index in [1.165, 1.54) is 32.3 Å². The van der Waals surface area contributed by atoms with Gasteiger partial charge in [-0.2, -0.15) is 0 Å². The second-order valence-corrected chi connectivity index (χ2v) is 6.19. The number of carbonyl (C=O) groups excluding carboxylic acids is 1. The molecular formula is C21H24N2O4. The maximum absolute atomic E-state index is 12.6. The summed E-state index contributed by atoms with van der Waals surface area (Å²) in [6, 6.07) is 11.6. The van der Waals surface area contributed by atoms with Crippen molar-refractivity contribution in [3.63, 3.8) is 0 Å². The van der Waals surface area contributed by atoms with Gasteiger partial charge in [0.25, 0.3) is 5.91 Å². The van der Waals surface area contributed by atoms with Crippen molar-refractivity contribution in [3.8, 4) is 17.2 Å². The van der Waals surface area contributed by atoms with E-state index in [1.807, 2.05) is 12.3 Å². The Balaban J connectivity index is 1.71. The van der Waals surface area contributed by atoms with Crippen molar-refractivity contribution < 1.29 is 19.0 Å². The topological polar surface area (TPSA) is 61.7 Å². The highest BCUT2D eigenvalue weighted by Gasteiger charge is 2.16. The van der Waals surface area contributed by atoms with E-state index in [-0.39, 0.29) is 5.91 Å². The van der Waals surface area contributed by atoms with Crippen molar-refractivity contribution in [2.75, 3.05) is 27.9 Å². The van der Waals surface area contributed by atoms with Gasteiger partial charge in [0.05, 0.1) is 21.3 Å². The summed E-state index contributed by atoms with van der Waals surface area (Å²) in [5, 5.41) is 4.18. The van der Waals surface area contributed by atoms with Gasteiger partial charge in [-0.05, 0) is 36.8 Å². The number of aryl methyl sites for hydroxylation is 1. The first-order valence-corrected chi connectivity index (χ1v) is 8.71. The Labute approximate surface area is 158 Å². The fourth-order valence-electron chi connectivity index (χ4n) is 3.18. The van der Waals surface area contributed by atoms with Crippen LogP contribution in [-0.4, -0.2) is 38.3 Å². The molecule has 0 aliphatic rings. The van der Waals surface area contributed by atoms with Crippen LogP contribution in [-0.2, 0) is 6.54 Å². The minimum absolute atomic E-state index is 0.193. The highest BCUT2D eigenvalue weighted by molar-refractivity contribution is 5.95. The van der Waals surface area contributed by atoms with Gasteiger partial charge in [-0.15, -0.1) is 0 Å². The molecule has 0 saturated carbocycles. The Morgan fingerprint density at radius 1 is 1.04 bits per heavy atom. The molecule has 1 N–H and O–H groups in total. The molecule has 0 fully saturated rings. The summed E-state index contributed by atoms with van der Waals surface area (Å²) in [5.41, 5.74) is 2.86. The van der Waals surface area contributed by atoms with Crippen molar-refractivity contribution >= 4 is 16.8 Å². The summed E-state index contributed by atoms with van der Waals surface area (Å²) in [6.07, 6.45) is 2.04. The van der Waals surface area contributed by atoms with Gasteiger partial charge in [-0.1, -0.05) is 12.1 Å². The molecule has 1 heterocycles. The van der Waals surface area contributed by atoms with Crippen molar-refractivity contribution in [2.45, 2.75) is 13.5 Å². The average Bonchev–Trinajstić information content (AvgIpc) is 3.11. The lowest BCUT2D eigenvalue weighted by molar-refractivity contribution is 0.0951. The molecule has 0 bridgehead atoms. The number of fused-ring (bicyclic) bond motifs is 1. The SMILES string of the molecule is COc1cc(C(=O)NCCn2ccc3c(C)cccc32)cc(OC)c1OC. The monoisotopic (exact) mass is 368 g/mol. The van der Waals surface area contributed by atoms with Crippen LogP contribution in [0.5, 0.6) is 17.2 Å². The number of aromatic nitrogens is 1. The van der Waals surface area contributed by atoms with E-state index >= 15 is 0 Å². The number of rotatable bonds is 7. The standard InChI is InChI=1S/C21H24N2O4/c1-14-6-5-7-17-16(14)8-10-23(17)11-9-22-21(24)15-12-18(25-2)20(27-4)19(13-15)26-3/h5-8,10,12-13H,9,11H2,1-4H3,(H,22,24). The summed E-state index contributed by atoms with van der Waals surface area (Å²) in [7, 11) is 4.58. The van der Waals surface area contributed by atoms with E-state index in [2.05, 4.69) is 35.0 Å². The van der Waals surface area contributed by atoms with Crippen LogP contribution >= 0.6 is 0 Å². The van der Waals surface area contributed by atoms with Gasteiger partial charge in [0.15, 0.2) is 11.5 Å². The number of nitrogens with zero attached hydrogens (tertiary/aromatic N) is 1.